The third-order valence-electron chi connectivity index (χ3n) is 2.42. The largest absolute Gasteiger partial charge is 0.308 e. The Labute approximate surface area is 97.1 Å². The van der Waals surface area contributed by atoms with Gasteiger partial charge in [0.05, 0.1) is 6.04 Å². The monoisotopic (exact) mass is 226 g/mol. The van der Waals surface area contributed by atoms with E-state index in [0.717, 1.165) is 18.2 Å². The van der Waals surface area contributed by atoms with Crippen LogP contribution < -0.4 is 5.32 Å². The van der Waals surface area contributed by atoms with Crippen LogP contribution in [0.2, 0.25) is 0 Å². The molecule has 0 bridgehead atoms. The van der Waals surface area contributed by atoms with Crippen molar-refractivity contribution in [2.45, 2.75) is 46.6 Å². The normalized spacial score (nSPS) is 13.4. The molecule has 0 fully saturated rings. The average molecular weight is 226 g/mol. The van der Waals surface area contributed by atoms with Gasteiger partial charge in [-0.25, -0.2) is 4.98 Å². The third kappa shape index (κ3) is 4.76. The van der Waals surface area contributed by atoms with Crippen molar-refractivity contribution in [2.75, 3.05) is 6.54 Å². The lowest BCUT2D eigenvalue weighted by molar-refractivity contribution is 0.496. The first-order valence-corrected chi connectivity index (χ1v) is 6.63. The first-order valence-electron chi connectivity index (χ1n) is 5.75. The van der Waals surface area contributed by atoms with Crippen LogP contribution in [0.25, 0.3) is 0 Å². The van der Waals surface area contributed by atoms with E-state index in [1.165, 1.54) is 17.8 Å². The standard InChI is InChI=1S/C12H22N2S/c1-9(2)6-5-7-13-11(4)12-14-10(3)8-15-12/h8-9,11,13H,5-7H2,1-4H3. The van der Waals surface area contributed by atoms with E-state index in [4.69, 9.17) is 0 Å². The maximum Gasteiger partial charge on any atom is 0.110 e. The van der Waals surface area contributed by atoms with Gasteiger partial charge in [-0.2, -0.15) is 0 Å². The van der Waals surface area contributed by atoms with Crippen molar-refractivity contribution in [3.05, 3.63) is 16.1 Å². The Morgan fingerprint density at radius 2 is 2.13 bits per heavy atom. The number of nitrogens with zero attached hydrogens (tertiary/aromatic N) is 1. The van der Waals surface area contributed by atoms with Gasteiger partial charge >= 0.3 is 0 Å². The van der Waals surface area contributed by atoms with Crippen LogP contribution in [0.1, 0.15) is 50.4 Å². The van der Waals surface area contributed by atoms with Crippen LogP contribution in [0.15, 0.2) is 5.38 Å². The summed E-state index contributed by atoms with van der Waals surface area (Å²) in [5, 5.41) is 6.83. The molecular formula is C12H22N2S. The quantitative estimate of drug-likeness (QED) is 0.750. The lowest BCUT2D eigenvalue weighted by Gasteiger charge is -2.11. The number of nitrogens with one attached hydrogen (secondary N) is 1. The number of hydrogen-bond donors (Lipinski definition) is 1. The highest BCUT2D eigenvalue weighted by molar-refractivity contribution is 7.09. The zero-order valence-electron chi connectivity index (χ0n) is 10.2. The summed E-state index contributed by atoms with van der Waals surface area (Å²) in [6, 6.07) is 0.399. The Balaban J connectivity index is 2.21. The molecule has 2 nitrogen and oxygen atoms in total. The molecule has 0 aliphatic rings. The van der Waals surface area contributed by atoms with Crippen LogP contribution in [-0.4, -0.2) is 11.5 Å². The van der Waals surface area contributed by atoms with Gasteiger partial charge in [0.25, 0.3) is 0 Å². The van der Waals surface area contributed by atoms with Crippen LogP contribution >= 0.6 is 11.3 Å². The summed E-state index contributed by atoms with van der Waals surface area (Å²) in [7, 11) is 0. The molecule has 0 aliphatic carbocycles. The van der Waals surface area contributed by atoms with Crippen molar-refractivity contribution in [1.29, 1.82) is 0 Å². The van der Waals surface area contributed by atoms with E-state index in [0.29, 0.717) is 6.04 Å². The molecule has 0 saturated heterocycles. The number of hydrogen-bond acceptors (Lipinski definition) is 3. The molecule has 1 N–H and O–H groups in total. The summed E-state index contributed by atoms with van der Waals surface area (Å²) < 4.78 is 0. The maximum atomic E-state index is 4.48. The molecule has 1 aromatic heterocycles. The van der Waals surface area contributed by atoms with E-state index in [-0.39, 0.29) is 0 Å². The van der Waals surface area contributed by atoms with Gasteiger partial charge in [-0.1, -0.05) is 13.8 Å². The molecule has 0 aromatic carbocycles. The molecule has 1 heterocycles. The van der Waals surface area contributed by atoms with Gasteiger partial charge in [-0.05, 0) is 39.2 Å². The minimum atomic E-state index is 0.399. The second-order valence-electron chi connectivity index (χ2n) is 4.54. The van der Waals surface area contributed by atoms with Crippen LogP contribution in [0, 0.1) is 12.8 Å². The molecule has 0 radical (unpaired) electrons. The predicted molar refractivity (Wildman–Crippen MR) is 67.3 cm³/mol. The minimum absolute atomic E-state index is 0.399. The van der Waals surface area contributed by atoms with Crippen LogP contribution in [-0.2, 0) is 0 Å². The summed E-state index contributed by atoms with van der Waals surface area (Å²) in [6.45, 7) is 9.87. The molecule has 1 atom stereocenters. The van der Waals surface area contributed by atoms with Crippen molar-refractivity contribution >= 4 is 11.3 Å². The predicted octanol–water partition coefficient (Wildman–Crippen LogP) is 3.54. The van der Waals surface area contributed by atoms with E-state index < -0.39 is 0 Å². The van der Waals surface area contributed by atoms with Gasteiger partial charge in [0.2, 0.25) is 0 Å². The van der Waals surface area contributed by atoms with Crippen LogP contribution in [0.5, 0.6) is 0 Å². The topological polar surface area (TPSA) is 24.9 Å². The zero-order valence-corrected chi connectivity index (χ0v) is 11.0. The summed E-state index contributed by atoms with van der Waals surface area (Å²) >= 11 is 1.75. The number of thiazole rings is 1. The van der Waals surface area contributed by atoms with Crippen molar-refractivity contribution in [2.24, 2.45) is 5.92 Å². The van der Waals surface area contributed by atoms with Crippen molar-refractivity contribution in [3.8, 4) is 0 Å². The molecule has 0 amide bonds. The Hall–Kier alpha value is -0.410. The SMILES string of the molecule is Cc1csc(C(C)NCCCC(C)C)n1. The highest BCUT2D eigenvalue weighted by Gasteiger charge is 2.07. The fourth-order valence-corrected chi connectivity index (χ4v) is 2.32. The highest BCUT2D eigenvalue weighted by Crippen LogP contribution is 2.17. The molecule has 1 rings (SSSR count). The van der Waals surface area contributed by atoms with E-state index in [1.807, 2.05) is 6.92 Å². The smallest absolute Gasteiger partial charge is 0.110 e. The molecule has 0 spiro atoms. The van der Waals surface area contributed by atoms with Gasteiger partial charge in [0.1, 0.15) is 5.01 Å². The van der Waals surface area contributed by atoms with Gasteiger partial charge in [0.15, 0.2) is 0 Å². The first kappa shape index (κ1) is 12.7. The van der Waals surface area contributed by atoms with Crippen LogP contribution in [0.3, 0.4) is 0 Å². The second kappa shape index (κ2) is 6.23. The van der Waals surface area contributed by atoms with E-state index in [2.05, 4.69) is 36.5 Å². The zero-order chi connectivity index (χ0) is 11.3. The average Bonchev–Trinajstić information content (AvgIpc) is 2.59. The Morgan fingerprint density at radius 1 is 1.40 bits per heavy atom. The highest BCUT2D eigenvalue weighted by atomic mass is 32.1. The van der Waals surface area contributed by atoms with Crippen molar-refractivity contribution in [1.82, 2.24) is 10.3 Å². The van der Waals surface area contributed by atoms with Gasteiger partial charge in [-0.15, -0.1) is 11.3 Å². The molecule has 15 heavy (non-hydrogen) atoms. The maximum absolute atomic E-state index is 4.48. The van der Waals surface area contributed by atoms with E-state index in [1.54, 1.807) is 11.3 Å². The third-order valence-corrected chi connectivity index (χ3v) is 3.56. The molecule has 1 unspecified atom stereocenters. The van der Waals surface area contributed by atoms with Crippen molar-refractivity contribution in [3.63, 3.8) is 0 Å². The van der Waals surface area contributed by atoms with Gasteiger partial charge in [-0.3, -0.25) is 0 Å². The lowest BCUT2D eigenvalue weighted by Crippen LogP contribution is -2.20. The molecule has 0 aliphatic heterocycles. The first-order chi connectivity index (χ1) is 7.09. The number of rotatable bonds is 6. The molecule has 0 saturated carbocycles. The number of aromatic nitrogens is 1. The van der Waals surface area contributed by atoms with E-state index >= 15 is 0 Å². The molecule has 3 heteroatoms. The Kier molecular flexibility index (Phi) is 5.26. The molecular weight excluding hydrogens is 204 g/mol. The molecule has 1 aromatic rings. The summed E-state index contributed by atoms with van der Waals surface area (Å²) in [5.41, 5.74) is 1.13. The Bertz CT molecular complexity index is 281. The Morgan fingerprint density at radius 3 is 2.67 bits per heavy atom. The molecule has 86 valence electrons. The summed E-state index contributed by atoms with van der Waals surface area (Å²) in [5.74, 6) is 0.809. The van der Waals surface area contributed by atoms with Crippen LogP contribution in [0.4, 0.5) is 0 Å². The van der Waals surface area contributed by atoms with Gasteiger partial charge < -0.3 is 5.32 Å². The second-order valence-corrected chi connectivity index (χ2v) is 5.43. The fourth-order valence-electron chi connectivity index (χ4n) is 1.49. The van der Waals surface area contributed by atoms with Gasteiger partial charge in [0, 0.05) is 11.1 Å². The summed E-state index contributed by atoms with van der Waals surface area (Å²) in [4.78, 5) is 4.48. The fraction of sp³-hybridized carbons (Fsp3) is 0.750. The van der Waals surface area contributed by atoms with E-state index in [9.17, 15) is 0 Å². The lowest BCUT2D eigenvalue weighted by atomic mass is 10.1. The number of aryl methyl sites for hydroxylation is 1. The summed E-state index contributed by atoms with van der Waals surface area (Å²) in [6.07, 6.45) is 2.56. The minimum Gasteiger partial charge on any atom is -0.308 e. The van der Waals surface area contributed by atoms with Crippen molar-refractivity contribution < 1.29 is 0 Å².